The van der Waals surface area contributed by atoms with E-state index in [1.54, 1.807) is 102 Å². The average Bonchev–Trinajstić information content (AvgIpc) is 3.57. The Morgan fingerprint density at radius 2 is 1.30 bits per heavy atom. The van der Waals surface area contributed by atoms with Crippen LogP contribution in [-0.4, -0.2) is 57.4 Å². The van der Waals surface area contributed by atoms with Crippen LogP contribution < -0.4 is 0 Å². The first-order valence-corrected chi connectivity index (χ1v) is 14.9. The molecule has 5 aromatic rings. The number of esters is 3. The highest BCUT2D eigenvalue weighted by Crippen LogP contribution is 2.39. The van der Waals surface area contributed by atoms with E-state index in [0.717, 1.165) is 3.57 Å². The fourth-order valence-corrected chi connectivity index (χ4v) is 6.07. The Hall–Kier alpha value is -4.33. The van der Waals surface area contributed by atoms with Gasteiger partial charge in [0.05, 0.1) is 22.1 Å². The minimum absolute atomic E-state index is 0.231. The number of nitrogens with zero attached hydrogens (tertiary/aromatic N) is 3. The molecule has 0 aliphatic carbocycles. The van der Waals surface area contributed by atoms with Crippen LogP contribution in [-0.2, 0) is 18.9 Å². The van der Waals surface area contributed by atoms with E-state index >= 15 is 0 Å². The second kappa shape index (κ2) is 13.1. The van der Waals surface area contributed by atoms with Crippen LogP contribution in [0.2, 0.25) is 5.15 Å². The topological polar surface area (TPSA) is 119 Å². The number of fused-ring (bicyclic) bond motifs is 1. The predicted molar refractivity (Wildman–Crippen MR) is 167 cm³/mol. The van der Waals surface area contributed by atoms with Gasteiger partial charge >= 0.3 is 17.9 Å². The molecule has 44 heavy (non-hydrogen) atoms. The van der Waals surface area contributed by atoms with Gasteiger partial charge in [-0.05, 0) is 59.0 Å². The number of hydrogen-bond acceptors (Lipinski definition) is 9. The number of ether oxygens (including phenoxy) is 4. The number of carbonyl (C=O) groups is 3. The Morgan fingerprint density at radius 3 is 1.86 bits per heavy atom. The van der Waals surface area contributed by atoms with Crippen molar-refractivity contribution in [3.63, 3.8) is 0 Å². The largest absolute Gasteiger partial charge is 0.459 e. The molecule has 1 unspecified atom stereocenters. The molecular formula is C32H23ClIN3O7. The molecule has 0 amide bonds. The number of aromatic nitrogens is 3. The molecule has 222 valence electrons. The minimum Gasteiger partial charge on any atom is -0.459 e. The van der Waals surface area contributed by atoms with Crippen LogP contribution in [0.3, 0.4) is 0 Å². The van der Waals surface area contributed by atoms with Gasteiger partial charge in [-0.2, -0.15) is 0 Å². The van der Waals surface area contributed by atoms with Crippen molar-refractivity contribution >= 4 is 63.1 Å². The van der Waals surface area contributed by atoms with Crippen LogP contribution in [0.5, 0.6) is 0 Å². The molecule has 1 saturated heterocycles. The molecule has 0 radical (unpaired) electrons. The highest BCUT2D eigenvalue weighted by atomic mass is 127. The van der Waals surface area contributed by atoms with Gasteiger partial charge in [0.25, 0.3) is 0 Å². The summed E-state index contributed by atoms with van der Waals surface area (Å²) in [5.74, 6) is -1.92. The van der Waals surface area contributed by atoms with Crippen molar-refractivity contribution < 1.29 is 33.3 Å². The molecule has 12 heteroatoms. The fourth-order valence-electron chi connectivity index (χ4n) is 4.88. The van der Waals surface area contributed by atoms with Crippen molar-refractivity contribution in [2.75, 3.05) is 6.61 Å². The van der Waals surface area contributed by atoms with Gasteiger partial charge in [0.15, 0.2) is 18.4 Å². The van der Waals surface area contributed by atoms with Crippen LogP contribution in [0.4, 0.5) is 0 Å². The SMILES string of the molecule is O=C(OCC1O[C@@H](n2cc(I)c3c(Cl)ncnc32)[C@H](OC(=O)c2ccccc2)[C@@H]1OC(=O)c1ccccc1)c1ccccc1. The van der Waals surface area contributed by atoms with E-state index in [0.29, 0.717) is 16.6 Å². The monoisotopic (exact) mass is 723 g/mol. The van der Waals surface area contributed by atoms with Gasteiger partial charge in [-0.1, -0.05) is 66.2 Å². The molecule has 1 fully saturated rings. The van der Waals surface area contributed by atoms with E-state index in [2.05, 4.69) is 32.6 Å². The molecule has 6 rings (SSSR count). The molecular weight excluding hydrogens is 701 g/mol. The second-order valence-corrected chi connectivity index (χ2v) is 11.3. The Bertz CT molecular complexity index is 1800. The van der Waals surface area contributed by atoms with Crippen molar-refractivity contribution in [3.8, 4) is 0 Å². The van der Waals surface area contributed by atoms with Gasteiger partial charge in [0.1, 0.15) is 29.8 Å². The van der Waals surface area contributed by atoms with Crippen LogP contribution in [0, 0.1) is 3.57 Å². The van der Waals surface area contributed by atoms with E-state index in [4.69, 9.17) is 30.5 Å². The summed E-state index contributed by atoms with van der Waals surface area (Å²) < 4.78 is 26.4. The molecule has 10 nitrogen and oxygen atoms in total. The van der Waals surface area contributed by atoms with Crippen molar-refractivity contribution in [3.05, 3.63) is 129 Å². The van der Waals surface area contributed by atoms with Crippen LogP contribution in [0.15, 0.2) is 104 Å². The Balaban J connectivity index is 1.39. The molecule has 3 heterocycles. The summed E-state index contributed by atoms with van der Waals surface area (Å²) in [5, 5.41) is 0.803. The zero-order chi connectivity index (χ0) is 30.6. The van der Waals surface area contributed by atoms with E-state index in [9.17, 15) is 14.4 Å². The third-order valence-corrected chi connectivity index (χ3v) is 8.07. The number of hydrogen-bond donors (Lipinski definition) is 0. The second-order valence-electron chi connectivity index (χ2n) is 9.75. The fraction of sp³-hybridized carbons (Fsp3) is 0.156. The van der Waals surface area contributed by atoms with Gasteiger partial charge in [0.2, 0.25) is 0 Å². The summed E-state index contributed by atoms with van der Waals surface area (Å²) in [6.07, 6.45) is -1.40. The number of halogens is 2. The Morgan fingerprint density at radius 1 is 0.773 bits per heavy atom. The average molecular weight is 724 g/mol. The molecule has 0 saturated carbocycles. The minimum atomic E-state index is -1.18. The van der Waals surface area contributed by atoms with Crippen LogP contribution in [0.1, 0.15) is 37.3 Å². The van der Waals surface area contributed by atoms with Crippen molar-refractivity contribution in [2.45, 2.75) is 24.5 Å². The van der Waals surface area contributed by atoms with E-state index in [1.165, 1.54) is 6.33 Å². The molecule has 0 spiro atoms. The lowest BCUT2D eigenvalue weighted by Gasteiger charge is -2.25. The lowest BCUT2D eigenvalue weighted by Crippen LogP contribution is -2.41. The summed E-state index contributed by atoms with van der Waals surface area (Å²) in [5.41, 5.74) is 1.32. The summed E-state index contributed by atoms with van der Waals surface area (Å²) in [4.78, 5) is 48.1. The molecule has 0 bridgehead atoms. The first kappa shape index (κ1) is 29.7. The molecule has 3 aromatic carbocycles. The number of rotatable bonds is 8. The Kier molecular flexibility index (Phi) is 8.87. The number of carbonyl (C=O) groups excluding carboxylic acids is 3. The molecule has 2 aromatic heterocycles. The highest BCUT2D eigenvalue weighted by molar-refractivity contribution is 14.1. The van der Waals surface area contributed by atoms with Crippen molar-refractivity contribution in [1.29, 1.82) is 0 Å². The zero-order valence-electron chi connectivity index (χ0n) is 22.8. The van der Waals surface area contributed by atoms with Gasteiger partial charge < -0.3 is 23.5 Å². The maximum atomic E-state index is 13.4. The summed E-state index contributed by atoms with van der Waals surface area (Å²) >= 11 is 8.50. The Labute approximate surface area is 270 Å². The van der Waals surface area contributed by atoms with Crippen LogP contribution in [0.25, 0.3) is 11.0 Å². The predicted octanol–water partition coefficient (Wildman–Crippen LogP) is 5.89. The molecule has 0 N–H and O–H groups in total. The van der Waals surface area contributed by atoms with Gasteiger partial charge in [-0.3, -0.25) is 0 Å². The molecule has 1 aliphatic rings. The van der Waals surface area contributed by atoms with Crippen molar-refractivity contribution in [2.24, 2.45) is 0 Å². The normalized spacial score (nSPS) is 19.4. The smallest absolute Gasteiger partial charge is 0.338 e. The summed E-state index contributed by atoms with van der Waals surface area (Å²) in [7, 11) is 0. The maximum Gasteiger partial charge on any atom is 0.338 e. The van der Waals surface area contributed by atoms with Gasteiger partial charge in [-0.15, -0.1) is 0 Å². The quantitative estimate of drug-likeness (QED) is 0.0836. The lowest BCUT2D eigenvalue weighted by atomic mass is 10.1. The lowest BCUT2D eigenvalue weighted by molar-refractivity contribution is -0.0604. The van der Waals surface area contributed by atoms with Crippen molar-refractivity contribution in [1.82, 2.24) is 14.5 Å². The first-order valence-electron chi connectivity index (χ1n) is 13.5. The van der Waals surface area contributed by atoms with Gasteiger partial charge in [-0.25, -0.2) is 24.4 Å². The highest BCUT2D eigenvalue weighted by Gasteiger charge is 2.52. The van der Waals surface area contributed by atoms with Crippen LogP contribution >= 0.6 is 34.2 Å². The zero-order valence-corrected chi connectivity index (χ0v) is 25.7. The third-order valence-electron chi connectivity index (χ3n) is 6.97. The van der Waals surface area contributed by atoms with E-state index in [-0.39, 0.29) is 22.9 Å². The third kappa shape index (κ3) is 6.16. The maximum absolute atomic E-state index is 13.4. The summed E-state index contributed by atoms with van der Waals surface area (Å²) in [6.45, 7) is -0.303. The van der Waals surface area contributed by atoms with E-state index < -0.39 is 42.4 Å². The summed E-state index contributed by atoms with van der Waals surface area (Å²) in [6, 6.07) is 25.2. The van der Waals surface area contributed by atoms with E-state index in [1.807, 2.05) is 0 Å². The standard InChI is InChI=1S/C32H23ClIN3O7/c33-27-24-22(34)16-37(28(24)36-18-35-27)29-26(44-32(40)21-14-8-3-9-15-21)25(43-31(39)20-12-6-2-7-13-20)23(42-29)17-41-30(38)19-10-4-1-5-11-19/h1-16,18,23,25-26,29H,17H2/t23?,25-,26-,29-/m1/s1. The molecule has 4 atom stereocenters. The number of benzene rings is 3. The van der Waals surface area contributed by atoms with Gasteiger partial charge in [0, 0.05) is 9.77 Å². The molecule has 1 aliphatic heterocycles. The first-order chi connectivity index (χ1) is 21.4.